The Kier molecular flexibility index (Phi) is 11.5. The van der Waals surface area contributed by atoms with Crippen LogP contribution < -0.4 is 0 Å². The summed E-state index contributed by atoms with van der Waals surface area (Å²) < 4.78 is 0. The smallest absolute Gasteiger partial charge is 0.106 e. The lowest BCUT2D eigenvalue weighted by Crippen LogP contribution is -2.05. The Labute approximate surface area is 167 Å². The predicted octanol–water partition coefficient (Wildman–Crippen LogP) is 6.45. The van der Waals surface area contributed by atoms with Crippen LogP contribution in [0.4, 0.5) is 0 Å². The molecule has 154 valence electrons. The fourth-order valence-electron chi connectivity index (χ4n) is 4.01. The van der Waals surface area contributed by atoms with E-state index in [4.69, 9.17) is 4.98 Å². The minimum absolute atomic E-state index is 0.111. The highest BCUT2D eigenvalue weighted by Crippen LogP contribution is 2.19. The third kappa shape index (κ3) is 9.60. The van der Waals surface area contributed by atoms with Crippen molar-refractivity contribution in [3.63, 3.8) is 0 Å². The highest BCUT2D eigenvalue weighted by atomic mass is 16.3. The first kappa shape index (κ1) is 22.2. The van der Waals surface area contributed by atoms with E-state index in [1.807, 2.05) is 0 Å². The second-order valence-corrected chi connectivity index (χ2v) is 8.32. The van der Waals surface area contributed by atoms with Gasteiger partial charge in [-0.2, -0.15) is 0 Å². The van der Waals surface area contributed by atoms with Crippen molar-refractivity contribution < 1.29 is 5.11 Å². The summed E-state index contributed by atoms with van der Waals surface area (Å²) in [5.74, 6) is 1.21. The molecule has 3 nitrogen and oxygen atoms in total. The molecule has 1 atom stereocenters. The summed E-state index contributed by atoms with van der Waals surface area (Å²) in [4.78, 5) is 8.31. The maximum absolute atomic E-state index is 10.1. The van der Waals surface area contributed by atoms with Crippen molar-refractivity contribution in [2.75, 3.05) is 0 Å². The van der Waals surface area contributed by atoms with Crippen molar-refractivity contribution in [2.24, 2.45) is 0 Å². The van der Waals surface area contributed by atoms with Crippen LogP contribution in [0.2, 0.25) is 0 Å². The number of aromatic nitrogens is 2. The predicted molar refractivity (Wildman–Crippen MR) is 115 cm³/mol. The number of H-pyrrole nitrogens is 1. The maximum atomic E-state index is 10.1. The summed E-state index contributed by atoms with van der Waals surface area (Å²) in [6.07, 6.45) is 24.8. The third-order valence-corrected chi connectivity index (χ3v) is 5.76. The van der Waals surface area contributed by atoms with Gasteiger partial charge in [0, 0.05) is 12.1 Å². The molecule has 0 unspecified atom stereocenters. The van der Waals surface area contributed by atoms with Gasteiger partial charge in [0.05, 0.1) is 11.8 Å². The number of nitrogens with zero attached hydrogens (tertiary/aromatic N) is 1. The maximum Gasteiger partial charge on any atom is 0.106 e. The van der Waals surface area contributed by atoms with E-state index in [1.54, 1.807) is 0 Å². The SMILES string of the molecule is CCCCC/C=C\CC[C@H](O)CCCCCCCc1nc2c([nH]1)CCCC2. The van der Waals surface area contributed by atoms with Gasteiger partial charge in [0.25, 0.3) is 0 Å². The molecule has 0 fully saturated rings. The second kappa shape index (κ2) is 14.0. The van der Waals surface area contributed by atoms with E-state index in [2.05, 4.69) is 24.1 Å². The van der Waals surface area contributed by atoms with Gasteiger partial charge in [0.15, 0.2) is 0 Å². The quantitative estimate of drug-likeness (QED) is 0.274. The number of aromatic amines is 1. The molecule has 1 aromatic rings. The van der Waals surface area contributed by atoms with Gasteiger partial charge in [0.1, 0.15) is 5.82 Å². The molecule has 1 heterocycles. The second-order valence-electron chi connectivity index (χ2n) is 8.32. The summed E-state index contributed by atoms with van der Waals surface area (Å²) in [7, 11) is 0. The monoisotopic (exact) mass is 374 g/mol. The standard InChI is InChI=1S/C24H42N2O/c1-2-3-4-5-6-8-11-16-21(27)17-12-9-7-10-13-20-24-25-22-18-14-15-19-23(22)26-24/h6,8,21,27H,2-5,7,9-20H2,1H3,(H,25,26)/b8-6-/t21-/m0/s1. The van der Waals surface area contributed by atoms with Gasteiger partial charge < -0.3 is 10.1 Å². The minimum Gasteiger partial charge on any atom is -0.393 e. The average molecular weight is 375 g/mol. The number of hydrogen-bond acceptors (Lipinski definition) is 2. The van der Waals surface area contributed by atoms with E-state index < -0.39 is 0 Å². The van der Waals surface area contributed by atoms with Crippen LogP contribution in [0.25, 0.3) is 0 Å². The van der Waals surface area contributed by atoms with Crippen molar-refractivity contribution in [1.82, 2.24) is 9.97 Å². The molecule has 27 heavy (non-hydrogen) atoms. The lowest BCUT2D eigenvalue weighted by Gasteiger charge is -2.08. The lowest BCUT2D eigenvalue weighted by atomic mass is 10.0. The van der Waals surface area contributed by atoms with Crippen LogP contribution in [-0.4, -0.2) is 21.2 Å². The number of aryl methyl sites for hydroxylation is 3. The largest absolute Gasteiger partial charge is 0.393 e. The zero-order valence-corrected chi connectivity index (χ0v) is 17.6. The Morgan fingerprint density at radius 1 is 0.926 bits per heavy atom. The van der Waals surface area contributed by atoms with E-state index in [0.29, 0.717) is 0 Å². The van der Waals surface area contributed by atoms with Crippen LogP contribution in [0.1, 0.15) is 114 Å². The van der Waals surface area contributed by atoms with Crippen LogP contribution in [-0.2, 0) is 19.3 Å². The van der Waals surface area contributed by atoms with Crippen molar-refractivity contribution in [1.29, 1.82) is 0 Å². The molecule has 1 aromatic heterocycles. The fraction of sp³-hybridized carbons (Fsp3) is 0.792. The molecule has 3 heteroatoms. The average Bonchev–Trinajstić information content (AvgIpc) is 3.09. The summed E-state index contributed by atoms with van der Waals surface area (Å²) in [6.45, 7) is 2.24. The molecule has 1 aliphatic carbocycles. The number of rotatable bonds is 15. The van der Waals surface area contributed by atoms with Crippen LogP contribution in [0.15, 0.2) is 12.2 Å². The minimum atomic E-state index is -0.111. The summed E-state index contributed by atoms with van der Waals surface area (Å²) >= 11 is 0. The number of unbranched alkanes of at least 4 members (excludes halogenated alkanes) is 7. The molecule has 0 saturated carbocycles. The van der Waals surface area contributed by atoms with Crippen LogP contribution in [0.5, 0.6) is 0 Å². The first-order valence-electron chi connectivity index (χ1n) is 11.7. The van der Waals surface area contributed by atoms with Crippen molar-refractivity contribution in [3.05, 3.63) is 29.4 Å². The Morgan fingerprint density at radius 2 is 1.70 bits per heavy atom. The third-order valence-electron chi connectivity index (χ3n) is 5.76. The van der Waals surface area contributed by atoms with E-state index in [1.165, 1.54) is 94.3 Å². The number of aliphatic hydroxyl groups excluding tert-OH is 1. The highest BCUT2D eigenvalue weighted by molar-refractivity contribution is 5.17. The molecule has 0 bridgehead atoms. The molecule has 1 aliphatic rings. The molecule has 0 aliphatic heterocycles. The van der Waals surface area contributed by atoms with E-state index >= 15 is 0 Å². The highest BCUT2D eigenvalue weighted by Gasteiger charge is 2.13. The summed E-state index contributed by atoms with van der Waals surface area (Å²) in [6, 6.07) is 0. The van der Waals surface area contributed by atoms with Crippen LogP contribution >= 0.6 is 0 Å². The van der Waals surface area contributed by atoms with E-state index in [-0.39, 0.29) is 6.10 Å². The van der Waals surface area contributed by atoms with Crippen molar-refractivity contribution in [3.8, 4) is 0 Å². The molecular weight excluding hydrogens is 332 g/mol. The topological polar surface area (TPSA) is 48.9 Å². The number of nitrogens with one attached hydrogen (secondary N) is 1. The lowest BCUT2D eigenvalue weighted by molar-refractivity contribution is 0.152. The molecule has 0 saturated heterocycles. The van der Waals surface area contributed by atoms with Gasteiger partial charge in [-0.1, -0.05) is 57.6 Å². The number of imidazole rings is 1. The Morgan fingerprint density at radius 3 is 2.56 bits per heavy atom. The first-order valence-corrected chi connectivity index (χ1v) is 11.7. The number of aliphatic hydroxyl groups is 1. The normalized spacial score (nSPS) is 15.3. The number of hydrogen-bond donors (Lipinski definition) is 2. The molecule has 0 spiro atoms. The summed E-state index contributed by atoms with van der Waals surface area (Å²) in [5, 5.41) is 10.1. The molecule has 2 rings (SSSR count). The van der Waals surface area contributed by atoms with Gasteiger partial charge in [-0.05, 0) is 64.2 Å². The molecule has 2 N–H and O–H groups in total. The Hall–Kier alpha value is -1.09. The Balaban J connectivity index is 1.40. The van der Waals surface area contributed by atoms with Crippen molar-refractivity contribution in [2.45, 2.75) is 122 Å². The number of fused-ring (bicyclic) bond motifs is 1. The van der Waals surface area contributed by atoms with E-state index in [9.17, 15) is 5.11 Å². The number of allylic oxidation sites excluding steroid dienone is 2. The van der Waals surface area contributed by atoms with Crippen LogP contribution in [0, 0.1) is 0 Å². The van der Waals surface area contributed by atoms with Gasteiger partial charge in [-0.3, -0.25) is 0 Å². The molecular formula is C24H42N2O. The zero-order chi connectivity index (χ0) is 19.2. The molecule has 0 aromatic carbocycles. The first-order chi connectivity index (χ1) is 13.3. The Bertz CT molecular complexity index is 497. The fourth-order valence-corrected chi connectivity index (χ4v) is 4.01. The van der Waals surface area contributed by atoms with Gasteiger partial charge in [0.2, 0.25) is 0 Å². The van der Waals surface area contributed by atoms with E-state index in [0.717, 1.165) is 32.1 Å². The summed E-state index contributed by atoms with van der Waals surface area (Å²) in [5.41, 5.74) is 2.74. The van der Waals surface area contributed by atoms with Gasteiger partial charge in [-0.15, -0.1) is 0 Å². The van der Waals surface area contributed by atoms with Gasteiger partial charge >= 0.3 is 0 Å². The van der Waals surface area contributed by atoms with Gasteiger partial charge in [-0.25, -0.2) is 4.98 Å². The van der Waals surface area contributed by atoms with Crippen molar-refractivity contribution >= 4 is 0 Å². The zero-order valence-electron chi connectivity index (χ0n) is 17.6. The molecule has 0 radical (unpaired) electrons. The van der Waals surface area contributed by atoms with Crippen LogP contribution in [0.3, 0.4) is 0 Å². The molecule has 0 amide bonds.